The quantitative estimate of drug-likeness (QED) is 0.180. The van der Waals surface area contributed by atoms with Crippen LogP contribution in [0.25, 0.3) is 75.8 Å². The third-order valence-corrected chi connectivity index (χ3v) is 13.4. The molecule has 0 bridgehead atoms. The van der Waals surface area contributed by atoms with Gasteiger partial charge in [0.2, 0.25) is 0 Å². The molecule has 1 unspecified atom stereocenters. The van der Waals surface area contributed by atoms with Gasteiger partial charge in [0, 0.05) is 21.9 Å². The zero-order chi connectivity index (χ0) is 35.7. The van der Waals surface area contributed by atoms with Gasteiger partial charge in [-0.15, -0.1) is 11.3 Å². The number of thiophene rings is 1. The fourth-order valence-electron chi connectivity index (χ4n) is 9.96. The Balaban J connectivity index is 0.987. The summed E-state index contributed by atoms with van der Waals surface area (Å²) in [6.45, 7) is 2.29. The lowest BCUT2D eigenvalue weighted by molar-refractivity contribution is 0.717. The maximum Gasteiger partial charge on any atom is 0.138 e. The number of rotatable bonds is 2. The van der Waals surface area contributed by atoms with Gasteiger partial charge in [-0.1, -0.05) is 110 Å². The molecule has 3 aliphatic carbocycles. The molecule has 0 fully saturated rings. The second-order valence-electron chi connectivity index (χ2n) is 15.1. The summed E-state index contributed by atoms with van der Waals surface area (Å²) in [6, 6.07) is 54.0. The van der Waals surface area contributed by atoms with Crippen LogP contribution < -0.4 is 0 Å². The zero-order valence-electron chi connectivity index (χ0n) is 29.5. The van der Waals surface area contributed by atoms with E-state index in [1.54, 1.807) is 11.3 Å². The second kappa shape index (κ2) is 10.8. The van der Waals surface area contributed by atoms with Crippen molar-refractivity contribution in [3.05, 3.63) is 185 Å². The molecule has 0 saturated carbocycles. The molecule has 0 amide bonds. The van der Waals surface area contributed by atoms with Gasteiger partial charge in [-0.25, -0.2) is 4.98 Å². The lowest BCUT2D eigenvalue weighted by Gasteiger charge is -2.33. The van der Waals surface area contributed by atoms with Gasteiger partial charge >= 0.3 is 0 Å². The first kappa shape index (κ1) is 30.0. The molecule has 6 aromatic carbocycles. The molecule has 4 heteroatoms. The van der Waals surface area contributed by atoms with Gasteiger partial charge in [0.25, 0.3) is 0 Å². The summed E-state index contributed by atoms with van der Waals surface area (Å²) in [5.41, 5.74) is 17.7. The Kier molecular flexibility index (Phi) is 5.97. The lowest BCUT2D eigenvalue weighted by atomic mass is 9.68. The monoisotopic (exact) mass is 705 g/mol. The highest BCUT2D eigenvalue weighted by Crippen LogP contribution is 2.64. The van der Waals surface area contributed by atoms with Crippen LogP contribution in [0.1, 0.15) is 35.6 Å². The Morgan fingerprint density at radius 2 is 1.33 bits per heavy atom. The van der Waals surface area contributed by atoms with Gasteiger partial charge in [0.1, 0.15) is 16.0 Å². The van der Waals surface area contributed by atoms with Crippen molar-refractivity contribution in [2.45, 2.75) is 18.8 Å². The first-order valence-electron chi connectivity index (χ1n) is 18.6. The lowest BCUT2D eigenvalue weighted by Crippen LogP contribution is -2.27. The van der Waals surface area contributed by atoms with E-state index in [2.05, 4.69) is 169 Å². The Labute approximate surface area is 316 Å². The summed E-state index contributed by atoms with van der Waals surface area (Å²) in [6.07, 6.45) is 5.23. The Hall–Kier alpha value is -6.54. The third-order valence-electron chi connectivity index (χ3n) is 12.3. The number of imidazole rings is 1. The molecule has 0 radical (unpaired) electrons. The van der Waals surface area contributed by atoms with Gasteiger partial charge in [-0.3, -0.25) is 4.40 Å². The number of nitrogens with zero attached hydrogens (tertiary/aromatic N) is 3. The Morgan fingerprint density at radius 3 is 2.09 bits per heavy atom. The van der Waals surface area contributed by atoms with Crippen molar-refractivity contribution in [3.8, 4) is 39.4 Å². The van der Waals surface area contributed by atoms with Gasteiger partial charge in [-0.2, -0.15) is 5.26 Å². The van der Waals surface area contributed by atoms with Gasteiger partial charge in [0.05, 0.1) is 11.5 Å². The average molecular weight is 706 g/mol. The molecule has 252 valence electrons. The van der Waals surface area contributed by atoms with Crippen molar-refractivity contribution in [1.29, 1.82) is 5.26 Å². The SMILES string of the molecule is CC1CC(C#N)=CC2=C1c1ccc(-c3ccc4cc(-c5ccc6nc7c8ccccc8sc7n6c5)ccc4c3)cc1C21c2ccccc2-c2ccccc21. The number of pyridine rings is 1. The standard InChI is InChI=1S/C50H31N3S/c1-29-22-30(27-51)23-44-47(29)39-20-18-35(26-43(39)50(44)41-11-5-2-8-37(41)38-9-3-6-12-42(38)50)33-15-14-32-25-34(17-16-31(32)24-33)36-19-21-46-52-48-40-10-4-7-13-45(40)54-49(48)53(46)28-36/h2-21,23-26,28-29H,22H2,1H3. The van der Waals surface area contributed by atoms with E-state index in [0.29, 0.717) is 0 Å². The summed E-state index contributed by atoms with van der Waals surface area (Å²) in [5.74, 6) is 0.254. The normalized spacial score (nSPS) is 16.5. The number of allylic oxidation sites excluding steroid dienone is 4. The van der Waals surface area contributed by atoms with Crippen LogP contribution in [0.5, 0.6) is 0 Å². The molecule has 3 aromatic heterocycles. The van der Waals surface area contributed by atoms with Crippen molar-refractivity contribution < 1.29 is 0 Å². The van der Waals surface area contributed by atoms with Crippen molar-refractivity contribution in [1.82, 2.24) is 9.38 Å². The van der Waals surface area contributed by atoms with E-state index >= 15 is 0 Å². The van der Waals surface area contributed by atoms with Crippen molar-refractivity contribution in [2.24, 2.45) is 5.92 Å². The molecule has 1 spiro atoms. The molecule has 3 nitrogen and oxygen atoms in total. The van der Waals surface area contributed by atoms with E-state index in [4.69, 9.17) is 4.98 Å². The third kappa shape index (κ3) is 3.87. The maximum atomic E-state index is 10.2. The van der Waals surface area contributed by atoms with Crippen LogP contribution in [0.2, 0.25) is 0 Å². The van der Waals surface area contributed by atoms with E-state index in [1.165, 1.54) is 92.5 Å². The number of hydrogen-bond donors (Lipinski definition) is 0. The summed E-state index contributed by atoms with van der Waals surface area (Å²) >= 11 is 1.80. The number of benzene rings is 6. The molecule has 0 N–H and O–H groups in total. The van der Waals surface area contributed by atoms with Crippen LogP contribution in [0.15, 0.2) is 163 Å². The molecule has 3 heterocycles. The van der Waals surface area contributed by atoms with E-state index in [9.17, 15) is 5.26 Å². The minimum Gasteiger partial charge on any atom is -0.290 e. The first-order chi connectivity index (χ1) is 26.6. The van der Waals surface area contributed by atoms with Crippen LogP contribution in [-0.2, 0) is 5.41 Å². The smallest absolute Gasteiger partial charge is 0.138 e. The second-order valence-corrected chi connectivity index (χ2v) is 16.1. The van der Waals surface area contributed by atoms with E-state index in [1.807, 2.05) is 0 Å². The first-order valence-corrected chi connectivity index (χ1v) is 19.5. The average Bonchev–Trinajstić information content (AvgIpc) is 3.94. The molecular formula is C50H31N3S. The van der Waals surface area contributed by atoms with Crippen LogP contribution in [-0.4, -0.2) is 9.38 Å². The van der Waals surface area contributed by atoms with Crippen molar-refractivity contribution >= 4 is 53.8 Å². The molecule has 3 aliphatic rings. The zero-order valence-corrected chi connectivity index (χ0v) is 30.3. The summed E-state index contributed by atoms with van der Waals surface area (Å²) in [5, 5.41) is 13.8. The number of fused-ring (bicyclic) bond motifs is 15. The number of aromatic nitrogens is 2. The molecular weight excluding hydrogens is 675 g/mol. The number of hydrogen-bond acceptors (Lipinski definition) is 3. The molecule has 54 heavy (non-hydrogen) atoms. The Morgan fingerprint density at radius 1 is 0.685 bits per heavy atom. The summed E-state index contributed by atoms with van der Waals surface area (Å²) in [7, 11) is 0. The van der Waals surface area contributed by atoms with Gasteiger partial charge in [-0.05, 0) is 132 Å². The summed E-state index contributed by atoms with van der Waals surface area (Å²) in [4.78, 5) is 6.17. The molecule has 12 rings (SSSR count). The fourth-order valence-corrected chi connectivity index (χ4v) is 11.1. The minimum atomic E-state index is -0.464. The summed E-state index contributed by atoms with van der Waals surface area (Å²) < 4.78 is 3.51. The van der Waals surface area contributed by atoms with Crippen molar-refractivity contribution in [2.75, 3.05) is 0 Å². The Bertz CT molecular complexity index is 3190. The largest absolute Gasteiger partial charge is 0.290 e. The minimum absolute atomic E-state index is 0.254. The highest BCUT2D eigenvalue weighted by molar-refractivity contribution is 7.25. The van der Waals surface area contributed by atoms with Crippen LogP contribution in [0, 0.1) is 17.2 Å². The van der Waals surface area contributed by atoms with E-state index in [-0.39, 0.29) is 5.92 Å². The molecule has 0 saturated heterocycles. The van der Waals surface area contributed by atoms with Gasteiger partial charge < -0.3 is 0 Å². The fraction of sp³-hybridized carbons (Fsp3) is 0.0800. The maximum absolute atomic E-state index is 10.2. The molecule has 1 atom stereocenters. The highest BCUT2D eigenvalue weighted by Gasteiger charge is 2.53. The topological polar surface area (TPSA) is 41.1 Å². The molecule has 9 aromatic rings. The van der Waals surface area contributed by atoms with Crippen LogP contribution in [0.4, 0.5) is 0 Å². The van der Waals surface area contributed by atoms with Gasteiger partial charge in [0.15, 0.2) is 0 Å². The highest BCUT2D eigenvalue weighted by atomic mass is 32.1. The molecule has 0 aliphatic heterocycles. The van der Waals surface area contributed by atoms with E-state index < -0.39 is 5.41 Å². The van der Waals surface area contributed by atoms with Crippen LogP contribution >= 0.6 is 11.3 Å². The van der Waals surface area contributed by atoms with E-state index in [0.717, 1.165) is 23.2 Å². The predicted molar refractivity (Wildman–Crippen MR) is 223 cm³/mol. The van der Waals surface area contributed by atoms with Crippen LogP contribution in [0.3, 0.4) is 0 Å². The predicted octanol–water partition coefficient (Wildman–Crippen LogP) is 12.8. The number of nitriles is 1. The van der Waals surface area contributed by atoms with Crippen molar-refractivity contribution in [3.63, 3.8) is 0 Å².